The van der Waals surface area contributed by atoms with Crippen LogP contribution >= 0.6 is 0 Å². The van der Waals surface area contributed by atoms with Gasteiger partial charge in [-0.2, -0.15) is 5.10 Å². The standard InChI is InChI=1S/C17H22N4O/c22-17(7-6-14-8-10-18-12-14)20-16-9-11-19-21(16)13-15-4-2-1-3-5-15/h1-5,9,11,14,18H,6-8,10,12-13H2,(H,20,22). The Morgan fingerprint density at radius 3 is 2.95 bits per heavy atom. The van der Waals surface area contributed by atoms with E-state index in [1.807, 2.05) is 28.9 Å². The van der Waals surface area contributed by atoms with Crippen LogP contribution in [0.4, 0.5) is 5.82 Å². The van der Waals surface area contributed by atoms with Gasteiger partial charge in [0.2, 0.25) is 5.91 Å². The average molecular weight is 298 g/mol. The number of carbonyl (C=O) groups is 1. The van der Waals surface area contributed by atoms with Crippen LogP contribution in [0.15, 0.2) is 42.6 Å². The predicted molar refractivity (Wildman–Crippen MR) is 86.6 cm³/mol. The van der Waals surface area contributed by atoms with Crippen molar-refractivity contribution < 1.29 is 4.79 Å². The summed E-state index contributed by atoms with van der Waals surface area (Å²) < 4.78 is 1.82. The Kier molecular flexibility index (Phi) is 4.85. The molecule has 22 heavy (non-hydrogen) atoms. The van der Waals surface area contributed by atoms with Gasteiger partial charge in [-0.05, 0) is 37.4 Å². The van der Waals surface area contributed by atoms with Gasteiger partial charge in [-0.25, -0.2) is 4.68 Å². The number of rotatable bonds is 6. The molecule has 1 aliphatic rings. The molecule has 3 rings (SSSR count). The van der Waals surface area contributed by atoms with Crippen molar-refractivity contribution >= 4 is 11.7 Å². The van der Waals surface area contributed by atoms with Crippen molar-refractivity contribution in [1.29, 1.82) is 0 Å². The van der Waals surface area contributed by atoms with Crippen LogP contribution < -0.4 is 10.6 Å². The van der Waals surface area contributed by atoms with E-state index in [1.54, 1.807) is 6.20 Å². The van der Waals surface area contributed by atoms with Crippen LogP contribution in [-0.4, -0.2) is 28.8 Å². The molecule has 1 aliphatic heterocycles. The Balaban J connectivity index is 1.54. The van der Waals surface area contributed by atoms with Gasteiger partial charge in [-0.3, -0.25) is 4.79 Å². The molecule has 1 aromatic carbocycles. The van der Waals surface area contributed by atoms with Gasteiger partial charge in [-0.1, -0.05) is 30.3 Å². The van der Waals surface area contributed by atoms with Crippen LogP contribution in [-0.2, 0) is 11.3 Å². The summed E-state index contributed by atoms with van der Waals surface area (Å²) >= 11 is 0. The molecule has 0 saturated carbocycles. The third kappa shape index (κ3) is 3.95. The monoisotopic (exact) mass is 298 g/mol. The SMILES string of the molecule is O=C(CCC1CCNC1)Nc1ccnn1Cc1ccccc1. The third-order valence-electron chi connectivity index (χ3n) is 4.10. The molecule has 1 saturated heterocycles. The Morgan fingerprint density at radius 2 is 2.18 bits per heavy atom. The number of aromatic nitrogens is 2. The maximum Gasteiger partial charge on any atom is 0.225 e. The Bertz CT molecular complexity index is 602. The van der Waals surface area contributed by atoms with Gasteiger partial charge in [0, 0.05) is 12.5 Å². The topological polar surface area (TPSA) is 59.0 Å². The molecule has 1 aromatic heterocycles. The number of nitrogens with zero attached hydrogens (tertiary/aromatic N) is 2. The molecule has 0 aliphatic carbocycles. The van der Waals surface area contributed by atoms with Gasteiger partial charge in [0.15, 0.2) is 0 Å². The highest BCUT2D eigenvalue weighted by atomic mass is 16.1. The molecular weight excluding hydrogens is 276 g/mol. The zero-order chi connectivity index (χ0) is 15.2. The number of hydrogen-bond donors (Lipinski definition) is 2. The first kappa shape index (κ1) is 14.8. The van der Waals surface area contributed by atoms with E-state index in [4.69, 9.17) is 0 Å². The summed E-state index contributed by atoms with van der Waals surface area (Å²) in [4.78, 5) is 12.1. The third-order valence-corrected chi connectivity index (χ3v) is 4.10. The van der Waals surface area contributed by atoms with E-state index in [-0.39, 0.29) is 5.91 Å². The lowest BCUT2D eigenvalue weighted by molar-refractivity contribution is -0.116. The first-order valence-electron chi connectivity index (χ1n) is 7.87. The van der Waals surface area contributed by atoms with Crippen molar-refractivity contribution in [2.75, 3.05) is 18.4 Å². The number of carbonyl (C=O) groups excluding carboxylic acids is 1. The highest BCUT2D eigenvalue weighted by Crippen LogP contribution is 2.16. The molecule has 1 amide bonds. The van der Waals surface area contributed by atoms with Crippen molar-refractivity contribution in [2.45, 2.75) is 25.8 Å². The quantitative estimate of drug-likeness (QED) is 0.860. The minimum Gasteiger partial charge on any atom is -0.316 e. The summed E-state index contributed by atoms with van der Waals surface area (Å²) in [6, 6.07) is 12.0. The van der Waals surface area contributed by atoms with E-state index in [9.17, 15) is 4.79 Å². The second-order valence-corrected chi connectivity index (χ2v) is 5.81. The van der Waals surface area contributed by atoms with Gasteiger partial charge in [0.1, 0.15) is 5.82 Å². The van der Waals surface area contributed by atoms with E-state index < -0.39 is 0 Å². The van der Waals surface area contributed by atoms with E-state index in [0.29, 0.717) is 18.9 Å². The Labute approximate surface area is 130 Å². The van der Waals surface area contributed by atoms with Gasteiger partial charge in [0.05, 0.1) is 12.7 Å². The number of nitrogens with one attached hydrogen (secondary N) is 2. The fourth-order valence-corrected chi connectivity index (χ4v) is 2.82. The van der Waals surface area contributed by atoms with Crippen LogP contribution in [0.1, 0.15) is 24.8 Å². The van der Waals surface area contributed by atoms with Crippen molar-refractivity contribution in [3.8, 4) is 0 Å². The maximum absolute atomic E-state index is 12.1. The fourth-order valence-electron chi connectivity index (χ4n) is 2.82. The summed E-state index contributed by atoms with van der Waals surface area (Å²) in [7, 11) is 0. The van der Waals surface area contributed by atoms with E-state index in [0.717, 1.165) is 25.3 Å². The van der Waals surface area contributed by atoms with Crippen molar-refractivity contribution in [1.82, 2.24) is 15.1 Å². The van der Waals surface area contributed by atoms with E-state index in [1.165, 1.54) is 12.0 Å². The summed E-state index contributed by atoms with van der Waals surface area (Å²) in [5.41, 5.74) is 1.17. The zero-order valence-electron chi connectivity index (χ0n) is 12.7. The summed E-state index contributed by atoms with van der Waals surface area (Å²) in [6.45, 7) is 2.78. The average Bonchev–Trinajstić information content (AvgIpc) is 3.19. The van der Waals surface area contributed by atoms with Gasteiger partial charge in [0.25, 0.3) is 0 Å². The van der Waals surface area contributed by atoms with Crippen LogP contribution in [0.5, 0.6) is 0 Å². The van der Waals surface area contributed by atoms with Crippen molar-refractivity contribution in [2.24, 2.45) is 5.92 Å². The van der Waals surface area contributed by atoms with Gasteiger partial charge in [-0.15, -0.1) is 0 Å². The molecule has 0 radical (unpaired) electrons. The zero-order valence-corrected chi connectivity index (χ0v) is 12.7. The molecule has 116 valence electrons. The molecule has 1 fully saturated rings. The lowest BCUT2D eigenvalue weighted by Crippen LogP contribution is -2.17. The number of benzene rings is 1. The molecule has 5 nitrogen and oxygen atoms in total. The minimum absolute atomic E-state index is 0.0710. The molecule has 0 bridgehead atoms. The second-order valence-electron chi connectivity index (χ2n) is 5.81. The fraction of sp³-hybridized carbons (Fsp3) is 0.412. The van der Waals surface area contributed by atoms with Crippen LogP contribution in [0.3, 0.4) is 0 Å². The molecule has 2 aromatic rings. The van der Waals surface area contributed by atoms with E-state index >= 15 is 0 Å². The first-order chi connectivity index (χ1) is 10.8. The van der Waals surface area contributed by atoms with Gasteiger partial charge >= 0.3 is 0 Å². The minimum atomic E-state index is 0.0710. The predicted octanol–water partition coefficient (Wildman–Crippen LogP) is 2.26. The number of hydrogen-bond acceptors (Lipinski definition) is 3. The second kappa shape index (κ2) is 7.22. The van der Waals surface area contributed by atoms with Crippen LogP contribution in [0.2, 0.25) is 0 Å². The first-order valence-corrected chi connectivity index (χ1v) is 7.87. The van der Waals surface area contributed by atoms with Gasteiger partial charge < -0.3 is 10.6 Å². The van der Waals surface area contributed by atoms with Crippen LogP contribution in [0, 0.1) is 5.92 Å². The molecule has 0 spiro atoms. The molecule has 2 N–H and O–H groups in total. The molecular formula is C17H22N4O. The lowest BCUT2D eigenvalue weighted by Gasteiger charge is -2.10. The summed E-state index contributed by atoms with van der Waals surface area (Å²) in [5, 5.41) is 10.6. The largest absolute Gasteiger partial charge is 0.316 e. The maximum atomic E-state index is 12.1. The van der Waals surface area contributed by atoms with Crippen molar-refractivity contribution in [3.63, 3.8) is 0 Å². The lowest BCUT2D eigenvalue weighted by atomic mass is 10.0. The molecule has 2 heterocycles. The molecule has 1 atom stereocenters. The summed E-state index contributed by atoms with van der Waals surface area (Å²) in [5.74, 6) is 1.47. The Morgan fingerprint density at radius 1 is 1.32 bits per heavy atom. The number of amides is 1. The van der Waals surface area contributed by atoms with Crippen LogP contribution in [0.25, 0.3) is 0 Å². The summed E-state index contributed by atoms with van der Waals surface area (Å²) in [6.07, 6.45) is 4.42. The highest BCUT2D eigenvalue weighted by molar-refractivity contribution is 5.89. The highest BCUT2D eigenvalue weighted by Gasteiger charge is 2.16. The Hall–Kier alpha value is -2.14. The smallest absolute Gasteiger partial charge is 0.225 e. The van der Waals surface area contributed by atoms with E-state index in [2.05, 4.69) is 27.9 Å². The molecule has 5 heteroatoms. The van der Waals surface area contributed by atoms with Crippen molar-refractivity contribution in [3.05, 3.63) is 48.2 Å². The number of anilines is 1. The normalized spacial score (nSPS) is 17.5. The molecule has 1 unspecified atom stereocenters.